The van der Waals surface area contributed by atoms with Gasteiger partial charge in [-0.05, 0) is 65.9 Å². The molecule has 0 amide bonds. The van der Waals surface area contributed by atoms with Crippen molar-refractivity contribution >= 4 is 17.9 Å². The lowest BCUT2D eigenvalue weighted by molar-refractivity contribution is -0.113. The van der Waals surface area contributed by atoms with Gasteiger partial charge in [-0.3, -0.25) is 4.79 Å². The number of hydrogen-bond donors (Lipinski definition) is 0. The van der Waals surface area contributed by atoms with E-state index in [0.717, 1.165) is 16.7 Å². The lowest BCUT2D eigenvalue weighted by Crippen LogP contribution is -2.33. The molecule has 3 aromatic rings. The van der Waals surface area contributed by atoms with Crippen molar-refractivity contribution in [2.24, 2.45) is 0 Å². The standard InChI is InChI=1S/C29H19N3O/c30-18-23-10-6-21(7-11-23)14-25-16-29(20-32,27-4-2-1-3-5-27)17-26(28(25)33)15-22-8-12-24(19-31)13-9-22/h1-15H,16-17H2/b25-14+,26-15+. The van der Waals surface area contributed by atoms with Crippen LogP contribution in [-0.2, 0) is 10.2 Å². The van der Waals surface area contributed by atoms with Crippen LogP contribution in [0.2, 0.25) is 0 Å². The Morgan fingerprint density at radius 3 is 1.52 bits per heavy atom. The fraction of sp³-hybridized carbons (Fsp3) is 0.103. The highest BCUT2D eigenvalue weighted by molar-refractivity contribution is 6.14. The molecule has 0 N–H and O–H groups in total. The lowest BCUT2D eigenvalue weighted by Gasteiger charge is -2.33. The van der Waals surface area contributed by atoms with Gasteiger partial charge in [0.05, 0.1) is 34.7 Å². The maximum atomic E-state index is 13.5. The van der Waals surface area contributed by atoms with Gasteiger partial charge in [-0.15, -0.1) is 0 Å². The van der Waals surface area contributed by atoms with Crippen LogP contribution in [-0.4, -0.2) is 5.78 Å². The molecule has 0 atom stereocenters. The molecular formula is C29H19N3O. The molecule has 0 bridgehead atoms. The molecule has 4 rings (SSSR count). The summed E-state index contributed by atoms with van der Waals surface area (Å²) in [6, 6.07) is 30.3. The zero-order valence-corrected chi connectivity index (χ0v) is 17.8. The monoisotopic (exact) mass is 425 g/mol. The normalized spacial score (nSPS) is 20.1. The molecule has 0 unspecified atom stereocenters. The predicted octanol–water partition coefficient (Wildman–Crippen LogP) is 5.72. The van der Waals surface area contributed by atoms with Crippen molar-refractivity contribution in [1.82, 2.24) is 0 Å². The number of rotatable bonds is 3. The first-order valence-corrected chi connectivity index (χ1v) is 10.5. The molecular weight excluding hydrogens is 406 g/mol. The van der Waals surface area contributed by atoms with Crippen LogP contribution >= 0.6 is 0 Å². The van der Waals surface area contributed by atoms with Crippen LogP contribution in [0.15, 0.2) is 90.0 Å². The summed E-state index contributed by atoms with van der Waals surface area (Å²) in [5.74, 6) is -0.0921. The van der Waals surface area contributed by atoms with Crippen LogP contribution < -0.4 is 0 Å². The minimum absolute atomic E-state index is 0.0921. The fourth-order valence-corrected chi connectivity index (χ4v) is 4.13. The number of allylic oxidation sites excluding steroid dienone is 2. The molecule has 156 valence electrons. The minimum Gasteiger partial charge on any atom is -0.289 e. The number of ketones is 1. The number of Topliss-reactive ketones (excluding diaryl/α,β-unsaturated/α-hetero) is 1. The third kappa shape index (κ3) is 4.49. The Balaban J connectivity index is 1.82. The van der Waals surface area contributed by atoms with Gasteiger partial charge < -0.3 is 0 Å². The second-order valence-corrected chi connectivity index (χ2v) is 8.05. The average Bonchev–Trinajstić information content (AvgIpc) is 2.88. The van der Waals surface area contributed by atoms with E-state index in [0.29, 0.717) is 35.1 Å². The SMILES string of the molecule is N#Cc1ccc(/C=C2\CC(C#N)(c3ccccc3)C/C(=C\c3ccc(C#N)cc3)C2=O)cc1. The van der Waals surface area contributed by atoms with E-state index >= 15 is 0 Å². The van der Waals surface area contributed by atoms with Gasteiger partial charge in [0.2, 0.25) is 0 Å². The van der Waals surface area contributed by atoms with Crippen LogP contribution in [0.1, 0.15) is 40.7 Å². The first kappa shape index (κ1) is 21.5. The van der Waals surface area contributed by atoms with Crippen LogP contribution in [0.25, 0.3) is 12.2 Å². The molecule has 4 nitrogen and oxygen atoms in total. The Morgan fingerprint density at radius 1 is 0.667 bits per heavy atom. The van der Waals surface area contributed by atoms with E-state index in [1.165, 1.54) is 0 Å². The van der Waals surface area contributed by atoms with Gasteiger partial charge in [-0.25, -0.2) is 0 Å². The Kier molecular flexibility index (Phi) is 5.99. The summed E-state index contributed by atoms with van der Waals surface area (Å²) in [4.78, 5) is 13.5. The van der Waals surface area contributed by atoms with Gasteiger partial charge in [0.25, 0.3) is 0 Å². The summed E-state index contributed by atoms with van der Waals surface area (Å²) in [5.41, 5.74) is 3.80. The van der Waals surface area contributed by atoms with Gasteiger partial charge in [-0.1, -0.05) is 54.6 Å². The van der Waals surface area contributed by atoms with Gasteiger partial charge in [-0.2, -0.15) is 15.8 Å². The van der Waals surface area contributed by atoms with Gasteiger partial charge >= 0.3 is 0 Å². The molecule has 4 heteroatoms. The molecule has 1 saturated carbocycles. The number of hydrogen-bond acceptors (Lipinski definition) is 4. The fourth-order valence-electron chi connectivity index (χ4n) is 4.13. The van der Waals surface area contributed by atoms with Gasteiger partial charge in [0, 0.05) is 11.1 Å². The zero-order valence-electron chi connectivity index (χ0n) is 17.8. The Labute approximate surface area is 193 Å². The quantitative estimate of drug-likeness (QED) is 0.502. The number of nitrogens with zero attached hydrogens (tertiary/aromatic N) is 3. The molecule has 33 heavy (non-hydrogen) atoms. The zero-order chi connectivity index (χ0) is 23.3. The molecule has 0 aliphatic heterocycles. The first-order chi connectivity index (χ1) is 16.1. The molecule has 1 fully saturated rings. The number of benzene rings is 3. The van der Waals surface area contributed by atoms with E-state index in [4.69, 9.17) is 10.5 Å². The summed E-state index contributed by atoms with van der Waals surface area (Å²) in [7, 11) is 0. The van der Waals surface area contributed by atoms with Crippen molar-refractivity contribution in [3.8, 4) is 18.2 Å². The van der Waals surface area contributed by atoms with E-state index < -0.39 is 5.41 Å². The van der Waals surface area contributed by atoms with E-state index in [1.54, 1.807) is 48.5 Å². The minimum atomic E-state index is -0.869. The van der Waals surface area contributed by atoms with Crippen LogP contribution in [0.4, 0.5) is 0 Å². The summed E-state index contributed by atoms with van der Waals surface area (Å²) >= 11 is 0. The van der Waals surface area contributed by atoms with E-state index in [1.807, 2.05) is 42.5 Å². The van der Waals surface area contributed by atoms with Crippen molar-refractivity contribution in [3.05, 3.63) is 118 Å². The van der Waals surface area contributed by atoms with Gasteiger partial charge in [0.1, 0.15) is 0 Å². The molecule has 0 spiro atoms. The highest BCUT2D eigenvalue weighted by Crippen LogP contribution is 2.43. The number of nitriles is 3. The highest BCUT2D eigenvalue weighted by Gasteiger charge is 2.41. The van der Waals surface area contributed by atoms with Crippen molar-refractivity contribution in [1.29, 1.82) is 15.8 Å². The molecule has 0 heterocycles. The van der Waals surface area contributed by atoms with E-state index in [9.17, 15) is 10.1 Å². The molecule has 0 saturated heterocycles. The molecule has 0 radical (unpaired) electrons. The van der Waals surface area contributed by atoms with Gasteiger partial charge in [0.15, 0.2) is 5.78 Å². The maximum Gasteiger partial charge on any atom is 0.185 e. The van der Waals surface area contributed by atoms with E-state index in [2.05, 4.69) is 18.2 Å². The Hall–Kier alpha value is -4.72. The van der Waals surface area contributed by atoms with Crippen LogP contribution in [0, 0.1) is 34.0 Å². The molecule has 0 aromatic heterocycles. The molecule has 3 aromatic carbocycles. The first-order valence-electron chi connectivity index (χ1n) is 10.5. The summed E-state index contributed by atoms with van der Waals surface area (Å²) in [6.07, 6.45) is 4.22. The van der Waals surface area contributed by atoms with Crippen molar-refractivity contribution in [2.75, 3.05) is 0 Å². The van der Waals surface area contributed by atoms with Crippen LogP contribution in [0.3, 0.4) is 0 Å². The van der Waals surface area contributed by atoms with Crippen LogP contribution in [0.5, 0.6) is 0 Å². The second-order valence-electron chi connectivity index (χ2n) is 8.05. The number of carbonyl (C=O) groups is 1. The molecule has 1 aliphatic carbocycles. The average molecular weight is 425 g/mol. The largest absolute Gasteiger partial charge is 0.289 e. The Morgan fingerprint density at radius 2 is 1.12 bits per heavy atom. The number of carbonyl (C=O) groups excluding carboxylic acids is 1. The summed E-state index contributed by atoms with van der Waals surface area (Å²) in [5, 5.41) is 28.4. The topological polar surface area (TPSA) is 88.4 Å². The second kappa shape index (κ2) is 9.19. The summed E-state index contributed by atoms with van der Waals surface area (Å²) < 4.78 is 0. The third-order valence-electron chi connectivity index (χ3n) is 5.87. The van der Waals surface area contributed by atoms with Crippen molar-refractivity contribution < 1.29 is 4.79 Å². The van der Waals surface area contributed by atoms with E-state index in [-0.39, 0.29) is 5.78 Å². The summed E-state index contributed by atoms with van der Waals surface area (Å²) in [6.45, 7) is 0. The smallest absolute Gasteiger partial charge is 0.185 e. The Bertz CT molecular complexity index is 1300. The molecule has 1 aliphatic rings. The lowest BCUT2D eigenvalue weighted by atomic mass is 9.66. The highest BCUT2D eigenvalue weighted by atomic mass is 16.1. The van der Waals surface area contributed by atoms with Crippen molar-refractivity contribution in [2.45, 2.75) is 18.3 Å². The maximum absolute atomic E-state index is 13.5. The third-order valence-corrected chi connectivity index (χ3v) is 5.87. The van der Waals surface area contributed by atoms with Crippen molar-refractivity contribution in [3.63, 3.8) is 0 Å². The predicted molar refractivity (Wildman–Crippen MR) is 126 cm³/mol.